The molecular formula is C27H32N6O3. The van der Waals surface area contributed by atoms with E-state index in [-0.39, 0.29) is 11.9 Å². The lowest BCUT2D eigenvalue weighted by atomic mass is 10.00. The maximum Gasteiger partial charge on any atom is 0.317 e. The SMILES string of the molecule is O=C(NCCN1CCOCC1)c1cccc(CNC(=O)N2CC=C(c3c[nH]c4ncccc34)CC2)c1. The van der Waals surface area contributed by atoms with E-state index < -0.39 is 0 Å². The van der Waals surface area contributed by atoms with Crippen LogP contribution < -0.4 is 10.6 Å². The van der Waals surface area contributed by atoms with Crippen LogP contribution in [0.5, 0.6) is 0 Å². The topological polar surface area (TPSA) is 103 Å². The van der Waals surface area contributed by atoms with Gasteiger partial charge in [0.15, 0.2) is 0 Å². The zero-order chi connectivity index (χ0) is 24.7. The van der Waals surface area contributed by atoms with Gasteiger partial charge in [-0.25, -0.2) is 9.78 Å². The van der Waals surface area contributed by atoms with Crippen LogP contribution in [0.25, 0.3) is 16.6 Å². The second kappa shape index (κ2) is 11.4. The second-order valence-electron chi connectivity index (χ2n) is 9.10. The van der Waals surface area contributed by atoms with Crippen LogP contribution in [0.2, 0.25) is 0 Å². The summed E-state index contributed by atoms with van der Waals surface area (Å²) < 4.78 is 5.35. The lowest BCUT2D eigenvalue weighted by Gasteiger charge is -2.26. The summed E-state index contributed by atoms with van der Waals surface area (Å²) in [5.74, 6) is -0.0994. The number of hydrogen-bond donors (Lipinski definition) is 3. The molecule has 188 valence electrons. The molecule has 4 heterocycles. The highest BCUT2D eigenvalue weighted by Crippen LogP contribution is 2.28. The molecule has 3 N–H and O–H groups in total. The lowest BCUT2D eigenvalue weighted by molar-refractivity contribution is 0.0383. The maximum atomic E-state index is 12.8. The van der Waals surface area contributed by atoms with Crippen molar-refractivity contribution in [3.05, 3.63) is 71.6 Å². The molecule has 2 aliphatic rings. The highest BCUT2D eigenvalue weighted by molar-refractivity contribution is 5.94. The van der Waals surface area contributed by atoms with E-state index in [1.165, 1.54) is 5.57 Å². The van der Waals surface area contributed by atoms with Gasteiger partial charge >= 0.3 is 6.03 Å². The Bertz CT molecular complexity index is 1250. The van der Waals surface area contributed by atoms with E-state index in [2.05, 4.69) is 37.6 Å². The average Bonchev–Trinajstić information content (AvgIpc) is 3.37. The molecule has 1 saturated heterocycles. The van der Waals surface area contributed by atoms with Crippen molar-refractivity contribution in [1.82, 2.24) is 30.4 Å². The molecule has 1 aromatic carbocycles. The fourth-order valence-corrected chi connectivity index (χ4v) is 4.69. The molecule has 2 aliphatic heterocycles. The number of rotatable bonds is 7. The number of amides is 3. The monoisotopic (exact) mass is 488 g/mol. The summed E-state index contributed by atoms with van der Waals surface area (Å²) >= 11 is 0. The molecule has 9 heteroatoms. The molecule has 3 amide bonds. The number of aromatic nitrogens is 2. The summed E-state index contributed by atoms with van der Waals surface area (Å²) in [4.78, 5) is 37.0. The standard InChI is InChI=1S/C27H32N6O3/c34-26(29-9-12-32-13-15-36-16-14-32)22-4-1-3-20(17-22)18-31-27(35)33-10-6-21(7-11-33)24-19-30-25-23(24)5-2-8-28-25/h1-6,8,17,19H,7,9-16,18H2,(H,28,30)(H,29,34)(H,31,35). The number of H-pyrrole nitrogens is 1. The van der Waals surface area contributed by atoms with E-state index in [9.17, 15) is 9.59 Å². The molecule has 0 unspecified atom stereocenters. The summed E-state index contributed by atoms with van der Waals surface area (Å²) in [7, 11) is 0. The Hall–Kier alpha value is -3.69. The number of nitrogens with zero attached hydrogens (tertiary/aromatic N) is 3. The number of morpholine rings is 1. The van der Waals surface area contributed by atoms with Crippen molar-refractivity contribution in [2.45, 2.75) is 13.0 Å². The van der Waals surface area contributed by atoms with E-state index in [4.69, 9.17) is 4.74 Å². The molecule has 1 fully saturated rings. The zero-order valence-corrected chi connectivity index (χ0v) is 20.3. The highest BCUT2D eigenvalue weighted by atomic mass is 16.5. The fourth-order valence-electron chi connectivity index (χ4n) is 4.69. The normalized spacial score (nSPS) is 16.6. The van der Waals surface area contributed by atoms with Crippen LogP contribution in [0.3, 0.4) is 0 Å². The smallest absolute Gasteiger partial charge is 0.317 e. The molecule has 9 nitrogen and oxygen atoms in total. The number of aromatic amines is 1. The lowest BCUT2D eigenvalue weighted by Crippen LogP contribution is -2.42. The van der Waals surface area contributed by atoms with Gasteiger partial charge in [0.25, 0.3) is 5.91 Å². The Balaban J connectivity index is 1.10. The van der Waals surface area contributed by atoms with Gasteiger partial charge in [-0.05, 0) is 41.8 Å². The fraction of sp³-hybridized carbons (Fsp3) is 0.370. The molecule has 0 saturated carbocycles. The van der Waals surface area contributed by atoms with Crippen molar-refractivity contribution in [1.29, 1.82) is 0 Å². The van der Waals surface area contributed by atoms with Crippen LogP contribution in [-0.2, 0) is 11.3 Å². The van der Waals surface area contributed by atoms with Gasteiger partial charge in [-0.2, -0.15) is 0 Å². The first-order chi connectivity index (χ1) is 17.7. The number of carbonyl (C=O) groups excluding carboxylic acids is 2. The van der Waals surface area contributed by atoms with E-state index in [0.29, 0.717) is 31.7 Å². The van der Waals surface area contributed by atoms with E-state index in [1.807, 2.05) is 30.5 Å². The third-order valence-electron chi connectivity index (χ3n) is 6.74. The number of fused-ring (bicyclic) bond motifs is 1. The minimum absolute atomic E-state index is 0.0994. The quantitative estimate of drug-likeness (QED) is 0.475. The minimum Gasteiger partial charge on any atom is -0.379 e. The number of ether oxygens (including phenoxy) is 1. The van der Waals surface area contributed by atoms with Gasteiger partial charge in [-0.1, -0.05) is 18.2 Å². The molecule has 5 rings (SSSR count). The van der Waals surface area contributed by atoms with Gasteiger partial charge in [0.2, 0.25) is 0 Å². The predicted molar refractivity (Wildman–Crippen MR) is 139 cm³/mol. The third-order valence-corrected chi connectivity index (χ3v) is 6.74. The Kier molecular flexibility index (Phi) is 7.58. The van der Waals surface area contributed by atoms with Gasteiger partial charge in [0.05, 0.1) is 13.2 Å². The van der Waals surface area contributed by atoms with Crippen molar-refractivity contribution < 1.29 is 14.3 Å². The van der Waals surface area contributed by atoms with Gasteiger partial charge in [-0.15, -0.1) is 0 Å². The Morgan fingerprint density at radius 2 is 1.97 bits per heavy atom. The van der Waals surface area contributed by atoms with Crippen LogP contribution in [0.15, 0.2) is 54.9 Å². The summed E-state index contributed by atoms with van der Waals surface area (Å²) in [6.45, 7) is 6.29. The van der Waals surface area contributed by atoms with Crippen LogP contribution >= 0.6 is 0 Å². The van der Waals surface area contributed by atoms with Crippen molar-refractivity contribution in [2.75, 3.05) is 52.5 Å². The number of benzene rings is 1. The Morgan fingerprint density at radius 1 is 1.08 bits per heavy atom. The molecule has 0 atom stereocenters. The first-order valence-corrected chi connectivity index (χ1v) is 12.5. The Labute approximate surface area is 210 Å². The first-order valence-electron chi connectivity index (χ1n) is 12.5. The van der Waals surface area contributed by atoms with Crippen LogP contribution in [0, 0.1) is 0 Å². The van der Waals surface area contributed by atoms with Crippen LogP contribution in [0.1, 0.15) is 27.9 Å². The van der Waals surface area contributed by atoms with Crippen molar-refractivity contribution in [3.8, 4) is 0 Å². The molecule has 3 aromatic rings. The van der Waals surface area contributed by atoms with Crippen molar-refractivity contribution in [2.24, 2.45) is 0 Å². The molecule has 0 aliphatic carbocycles. The molecule has 0 radical (unpaired) electrons. The second-order valence-corrected chi connectivity index (χ2v) is 9.10. The highest BCUT2D eigenvalue weighted by Gasteiger charge is 2.19. The predicted octanol–water partition coefficient (Wildman–Crippen LogP) is 2.62. The number of urea groups is 1. The summed E-state index contributed by atoms with van der Waals surface area (Å²) in [5, 5.41) is 7.08. The molecular weight excluding hydrogens is 456 g/mol. The molecule has 0 spiro atoms. The van der Waals surface area contributed by atoms with Gasteiger partial charge in [0.1, 0.15) is 5.65 Å². The minimum atomic E-state index is -0.105. The van der Waals surface area contributed by atoms with Gasteiger partial charge in [0, 0.05) is 74.7 Å². The molecule has 36 heavy (non-hydrogen) atoms. The Morgan fingerprint density at radius 3 is 2.81 bits per heavy atom. The van der Waals surface area contributed by atoms with Crippen LogP contribution in [-0.4, -0.2) is 84.2 Å². The average molecular weight is 489 g/mol. The van der Waals surface area contributed by atoms with Crippen LogP contribution in [0.4, 0.5) is 4.79 Å². The zero-order valence-electron chi connectivity index (χ0n) is 20.3. The van der Waals surface area contributed by atoms with Gasteiger partial charge in [-0.3, -0.25) is 9.69 Å². The maximum absolute atomic E-state index is 12.8. The molecule has 2 aromatic heterocycles. The summed E-state index contributed by atoms with van der Waals surface area (Å²) in [5.41, 5.74) is 4.75. The number of nitrogens with one attached hydrogen (secondary N) is 3. The summed E-state index contributed by atoms with van der Waals surface area (Å²) in [6, 6.07) is 11.3. The van der Waals surface area contributed by atoms with Crippen molar-refractivity contribution in [3.63, 3.8) is 0 Å². The number of pyridine rings is 1. The molecule has 0 bridgehead atoms. The summed E-state index contributed by atoms with van der Waals surface area (Å²) in [6.07, 6.45) is 6.67. The van der Waals surface area contributed by atoms with E-state index in [0.717, 1.165) is 61.4 Å². The largest absolute Gasteiger partial charge is 0.379 e. The first kappa shape index (κ1) is 24.0. The number of carbonyl (C=O) groups is 2. The van der Waals surface area contributed by atoms with E-state index >= 15 is 0 Å². The third kappa shape index (κ3) is 5.75. The van der Waals surface area contributed by atoms with Crippen molar-refractivity contribution >= 4 is 28.5 Å². The van der Waals surface area contributed by atoms with Gasteiger partial charge < -0.3 is 25.3 Å². The van der Waals surface area contributed by atoms with E-state index in [1.54, 1.807) is 17.2 Å². The number of hydrogen-bond acceptors (Lipinski definition) is 5.